The fourth-order valence-corrected chi connectivity index (χ4v) is 6.11. The van der Waals surface area contributed by atoms with Gasteiger partial charge in [-0.15, -0.1) is 0 Å². The molecule has 1 atom stereocenters. The van der Waals surface area contributed by atoms with Crippen LogP contribution in [0.4, 0.5) is 5.69 Å². The van der Waals surface area contributed by atoms with Gasteiger partial charge in [-0.1, -0.05) is 17.7 Å². The zero-order chi connectivity index (χ0) is 22.9. The second-order valence-corrected chi connectivity index (χ2v) is 10.8. The number of rotatable bonds is 5. The van der Waals surface area contributed by atoms with Gasteiger partial charge in [0, 0.05) is 62.7 Å². The Kier molecular flexibility index (Phi) is 6.78. The molecule has 0 saturated carbocycles. The minimum Gasteiger partial charge on any atom is -0.368 e. The van der Waals surface area contributed by atoms with Crippen LogP contribution in [0.15, 0.2) is 35.7 Å². The molecule has 2 aliphatic rings. The molecule has 8 nitrogen and oxygen atoms in total. The smallest absolute Gasteiger partial charge is 0.262 e. The monoisotopic (exact) mass is 479 g/mol. The Morgan fingerprint density at radius 1 is 1.19 bits per heavy atom. The maximum atomic E-state index is 13.2. The molecular weight excluding hydrogens is 450 g/mol. The summed E-state index contributed by atoms with van der Waals surface area (Å²) in [4.78, 5) is 21.4. The minimum atomic E-state index is -3.69. The standard InChI is InChI=1S/C22H30ClN5O3S/c1-3-25-15-21(24-16-25)32(30,31)28-8-4-5-18(14-28)22(29)27-11-9-26(10-12-27)20-13-19(23)7-6-17(20)2/h6-7,13,15-16,18H,3-5,8-12,14H2,1-2H3/t18-/m0/s1. The van der Waals surface area contributed by atoms with Gasteiger partial charge < -0.3 is 14.4 Å². The zero-order valence-corrected chi connectivity index (χ0v) is 20.1. The first-order chi connectivity index (χ1) is 15.3. The number of imidazole rings is 1. The highest BCUT2D eigenvalue weighted by Gasteiger charge is 2.36. The number of piperidine rings is 1. The van der Waals surface area contributed by atoms with Crippen LogP contribution < -0.4 is 4.90 Å². The minimum absolute atomic E-state index is 0.0476. The van der Waals surface area contributed by atoms with Crippen LogP contribution in [-0.4, -0.2) is 72.3 Å². The number of benzene rings is 1. The molecule has 32 heavy (non-hydrogen) atoms. The number of aryl methyl sites for hydroxylation is 2. The van der Waals surface area contributed by atoms with Crippen LogP contribution in [-0.2, 0) is 21.4 Å². The fraction of sp³-hybridized carbons (Fsp3) is 0.545. The van der Waals surface area contributed by atoms with Crippen molar-refractivity contribution in [2.24, 2.45) is 5.92 Å². The summed E-state index contributed by atoms with van der Waals surface area (Å²) in [5, 5.41) is 0.759. The van der Waals surface area contributed by atoms with Crippen LogP contribution in [0.2, 0.25) is 5.02 Å². The van der Waals surface area contributed by atoms with Crippen molar-refractivity contribution in [3.63, 3.8) is 0 Å². The molecule has 2 aliphatic heterocycles. The zero-order valence-electron chi connectivity index (χ0n) is 18.6. The number of hydrogen-bond donors (Lipinski definition) is 0. The van der Waals surface area contributed by atoms with E-state index in [1.807, 2.05) is 30.0 Å². The molecule has 2 fully saturated rings. The molecule has 0 spiro atoms. The summed E-state index contributed by atoms with van der Waals surface area (Å²) in [7, 11) is -3.69. The van der Waals surface area contributed by atoms with Crippen LogP contribution in [0.1, 0.15) is 25.3 Å². The second kappa shape index (κ2) is 9.41. The first kappa shape index (κ1) is 23.1. The van der Waals surface area contributed by atoms with E-state index in [0.29, 0.717) is 44.0 Å². The lowest BCUT2D eigenvalue weighted by molar-refractivity contribution is -0.137. The van der Waals surface area contributed by atoms with E-state index < -0.39 is 10.0 Å². The third-order valence-electron chi connectivity index (χ3n) is 6.42. The van der Waals surface area contributed by atoms with Crippen molar-refractivity contribution < 1.29 is 13.2 Å². The van der Waals surface area contributed by atoms with E-state index in [1.54, 1.807) is 10.8 Å². The number of nitrogens with zero attached hydrogens (tertiary/aromatic N) is 5. The van der Waals surface area contributed by atoms with Crippen molar-refractivity contribution in [1.29, 1.82) is 0 Å². The quantitative estimate of drug-likeness (QED) is 0.658. The Morgan fingerprint density at radius 2 is 1.94 bits per heavy atom. The Bertz CT molecular complexity index is 1080. The van der Waals surface area contributed by atoms with Crippen LogP contribution in [0, 0.1) is 12.8 Å². The van der Waals surface area contributed by atoms with Gasteiger partial charge in [-0.25, -0.2) is 13.4 Å². The van der Waals surface area contributed by atoms with Gasteiger partial charge >= 0.3 is 0 Å². The largest absolute Gasteiger partial charge is 0.368 e. The molecule has 1 aromatic heterocycles. The average Bonchev–Trinajstić information content (AvgIpc) is 3.31. The molecule has 1 amide bonds. The molecular formula is C22H30ClN5O3S. The first-order valence-electron chi connectivity index (χ1n) is 11.1. The Hall–Kier alpha value is -2.10. The first-order valence-corrected chi connectivity index (χ1v) is 12.9. The maximum Gasteiger partial charge on any atom is 0.262 e. The van der Waals surface area contributed by atoms with Gasteiger partial charge in [0.25, 0.3) is 10.0 Å². The summed E-state index contributed by atoms with van der Waals surface area (Å²) in [6.07, 6.45) is 4.46. The predicted molar refractivity (Wildman–Crippen MR) is 124 cm³/mol. The van der Waals surface area contributed by atoms with Crippen molar-refractivity contribution in [3.05, 3.63) is 41.3 Å². The maximum absolute atomic E-state index is 13.2. The van der Waals surface area contributed by atoms with Crippen LogP contribution in [0.3, 0.4) is 0 Å². The molecule has 1 aromatic carbocycles. The van der Waals surface area contributed by atoms with Gasteiger partial charge in [-0.2, -0.15) is 4.31 Å². The Morgan fingerprint density at radius 3 is 2.62 bits per heavy atom. The number of anilines is 1. The van der Waals surface area contributed by atoms with Crippen LogP contribution in [0.5, 0.6) is 0 Å². The fourth-order valence-electron chi connectivity index (χ4n) is 4.49. The normalized spacial score (nSPS) is 20.5. The Labute approximate surface area is 194 Å². The highest BCUT2D eigenvalue weighted by Crippen LogP contribution is 2.27. The van der Waals surface area contributed by atoms with E-state index in [9.17, 15) is 13.2 Å². The SMILES string of the molecule is CCn1cnc(S(=O)(=O)N2CCC[C@H](C(=O)N3CCN(c4cc(Cl)ccc4C)CC3)C2)c1. The van der Waals surface area contributed by atoms with E-state index in [1.165, 1.54) is 10.6 Å². The van der Waals surface area contributed by atoms with Gasteiger partial charge in [-0.05, 0) is 44.4 Å². The summed E-state index contributed by atoms with van der Waals surface area (Å²) in [6.45, 7) is 7.99. The molecule has 0 bridgehead atoms. The van der Waals surface area contributed by atoms with Gasteiger partial charge in [-0.3, -0.25) is 4.79 Å². The van der Waals surface area contributed by atoms with Gasteiger partial charge in [0.05, 0.1) is 12.2 Å². The third kappa shape index (κ3) is 4.65. The molecule has 0 radical (unpaired) electrons. The molecule has 4 rings (SSSR count). The lowest BCUT2D eigenvalue weighted by atomic mass is 9.97. The number of carbonyl (C=O) groups is 1. The number of halogens is 1. The summed E-state index contributed by atoms with van der Waals surface area (Å²) >= 11 is 6.17. The van der Waals surface area contributed by atoms with E-state index in [2.05, 4.69) is 16.8 Å². The third-order valence-corrected chi connectivity index (χ3v) is 8.40. The summed E-state index contributed by atoms with van der Waals surface area (Å²) < 4.78 is 29.2. The van der Waals surface area contributed by atoms with Crippen molar-refractivity contribution in [1.82, 2.24) is 18.8 Å². The van der Waals surface area contributed by atoms with Gasteiger partial charge in [0.15, 0.2) is 5.03 Å². The number of hydrogen-bond acceptors (Lipinski definition) is 5. The highest BCUT2D eigenvalue weighted by molar-refractivity contribution is 7.89. The van der Waals surface area contributed by atoms with Crippen molar-refractivity contribution in [2.45, 2.75) is 38.3 Å². The van der Waals surface area contributed by atoms with Crippen molar-refractivity contribution >= 4 is 33.2 Å². The lowest BCUT2D eigenvalue weighted by Gasteiger charge is -2.39. The second-order valence-electron chi connectivity index (χ2n) is 8.49. The number of carbonyl (C=O) groups excluding carboxylic acids is 1. The number of piperazine rings is 1. The van der Waals surface area contributed by atoms with E-state index in [0.717, 1.165) is 24.3 Å². The molecule has 174 valence electrons. The number of sulfonamides is 1. The van der Waals surface area contributed by atoms with E-state index in [4.69, 9.17) is 11.6 Å². The lowest BCUT2D eigenvalue weighted by Crippen LogP contribution is -2.53. The topological polar surface area (TPSA) is 78.8 Å². The number of aromatic nitrogens is 2. The van der Waals surface area contributed by atoms with Gasteiger partial charge in [0.2, 0.25) is 5.91 Å². The summed E-state index contributed by atoms with van der Waals surface area (Å²) in [5.41, 5.74) is 2.26. The predicted octanol–water partition coefficient (Wildman–Crippen LogP) is 2.61. The Balaban J connectivity index is 1.39. The molecule has 2 aromatic rings. The highest BCUT2D eigenvalue weighted by atomic mass is 35.5. The molecule has 2 saturated heterocycles. The molecule has 10 heteroatoms. The summed E-state index contributed by atoms with van der Waals surface area (Å²) in [6, 6.07) is 5.86. The molecule has 3 heterocycles. The molecule has 0 unspecified atom stereocenters. The van der Waals surface area contributed by atoms with Crippen molar-refractivity contribution in [2.75, 3.05) is 44.2 Å². The van der Waals surface area contributed by atoms with E-state index >= 15 is 0 Å². The van der Waals surface area contributed by atoms with Crippen LogP contribution >= 0.6 is 11.6 Å². The average molecular weight is 480 g/mol. The molecule has 0 N–H and O–H groups in total. The van der Waals surface area contributed by atoms with Crippen molar-refractivity contribution in [3.8, 4) is 0 Å². The molecule has 0 aliphatic carbocycles. The van der Waals surface area contributed by atoms with Gasteiger partial charge in [0.1, 0.15) is 0 Å². The number of amides is 1. The summed E-state index contributed by atoms with van der Waals surface area (Å²) in [5.74, 6) is -0.266. The van der Waals surface area contributed by atoms with Crippen LogP contribution in [0.25, 0.3) is 0 Å². The van der Waals surface area contributed by atoms with E-state index in [-0.39, 0.29) is 23.4 Å².